The van der Waals surface area contributed by atoms with Crippen molar-refractivity contribution in [2.75, 3.05) is 5.32 Å². The number of hydrogen-bond donors (Lipinski definition) is 1. The van der Waals surface area contributed by atoms with Crippen LogP contribution < -0.4 is 5.32 Å². The minimum Gasteiger partial charge on any atom is -0.294 e. The number of benzene rings is 1. The van der Waals surface area contributed by atoms with Crippen LogP contribution >= 0.6 is 11.3 Å². The first-order chi connectivity index (χ1) is 12.6. The Hall–Kier alpha value is -2.93. The van der Waals surface area contributed by atoms with Gasteiger partial charge in [0.2, 0.25) is 5.95 Å². The number of aromatic nitrogens is 2. The van der Waals surface area contributed by atoms with E-state index in [1.54, 1.807) is 11.3 Å². The Labute approximate surface area is 152 Å². The van der Waals surface area contributed by atoms with Gasteiger partial charge in [-0.2, -0.15) is 0 Å². The van der Waals surface area contributed by atoms with Gasteiger partial charge >= 0.3 is 0 Å². The molecule has 5 nitrogen and oxygen atoms in total. The third-order valence-corrected chi connectivity index (χ3v) is 5.35. The minimum atomic E-state index is -0.429. The molecule has 4 rings (SSSR count). The average molecular weight is 367 g/mol. The molecule has 1 N–H and O–H groups in total. The molecule has 3 aromatic rings. The minimum absolute atomic E-state index is 0.0149. The molecule has 0 radical (unpaired) electrons. The van der Waals surface area contributed by atoms with Crippen molar-refractivity contribution in [2.45, 2.75) is 18.8 Å². The lowest BCUT2D eigenvalue weighted by Gasteiger charge is -2.22. The zero-order valence-electron chi connectivity index (χ0n) is 13.6. The number of carbonyl (C=O) groups is 2. The van der Waals surface area contributed by atoms with Crippen LogP contribution in [0.15, 0.2) is 48.0 Å². The summed E-state index contributed by atoms with van der Waals surface area (Å²) < 4.78 is 13.0. The van der Waals surface area contributed by atoms with Gasteiger partial charge in [-0.3, -0.25) is 14.9 Å². The van der Waals surface area contributed by atoms with Gasteiger partial charge in [-0.1, -0.05) is 6.07 Å². The molecule has 2 heterocycles. The summed E-state index contributed by atoms with van der Waals surface area (Å²) in [5.74, 6) is -0.587. The molecule has 2 aromatic heterocycles. The van der Waals surface area contributed by atoms with E-state index in [-0.39, 0.29) is 17.6 Å². The van der Waals surface area contributed by atoms with Gasteiger partial charge in [0.1, 0.15) is 5.82 Å². The SMILES string of the molecule is O=C(Nc1ncc2c(n1)CC(c1cccs1)CC2=O)c1ccc(F)cc1. The van der Waals surface area contributed by atoms with Gasteiger partial charge in [0.15, 0.2) is 5.78 Å². The second-order valence-corrected chi connectivity index (χ2v) is 7.04. The lowest BCUT2D eigenvalue weighted by Crippen LogP contribution is -2.22. The van der Waals surface area contributed by atoms with Crippen molar-refractivity contribution < 1.29 is 14.0 Å². The van der Waals surface area contributed by atoms with Crippen LogP contribution in [0.2, 0.25) is 0 Å². The smallest absolute Gasteiger partial charge is 0.258 e. The topological polar surface area (TPSA) is 72.0 Å². The second-order valence-electron chi connectivity index (χ2n) is 6.06. The fourth-order valence-corrected chi connectivity index (χ4v) is 3.84. The Morgan fingerprint density at radius 3 is 2.73 bits per heavy atom. The van der Waals surface area contributed by atoms with E-state index < -0.39 is 11.7 Å². The number of thiophene rings is 1. The molecule has 26 heavy (non-hydrogen) atoms. The van der Waals surface area contributed by atoms with E-state index in [1.165, 1.54) is 30.5 Å². The van der Waals surface area contributed by atoms with Gasteiger partial charge < -0.3 is 0 Å². The average Bonchev–Trinajstić information content (AvgIpc) is 3.16. The highest BCUT2D eigenvalue weighted by atomic mass is 32.1. The van der Waals surface area contributed by atoms with E-state index in [2.05, 4.69) is 15.3 Å². The molecule has 1 unspecified atom stereocenters. The zero-order valence-corrected chi connectivity index (χ0v) is 14.4. The van der Waals surface area contributed by atoms with Gasteiger partial charge in [0, 0.05) is 29.0 Å². The van der Waals surface area contributed by atoms with E-state index in [4.69, 9.17) is 0 Å². The zero-order chi connectivity index (χ0) is 18.1. The molecule has 1 atom stereocenters. The highest BCUT2D eigenvalue weighted by Gasteiger charge is 2.28. The molecule has 0 spiro atoms. The van der Waals surface area contributed by atoms with Crippen molar-refractivity contribution in [3.63, 3.8) is 0 Å². The summed E-state index contributed by atoms with van der Waals surface area (Å²) in [6, 6.07) is 9.19. The van der Waals surface area contributed by atoms with E-state index >= 15 is 0 Å². The Kier molecular flexibility index (Phi) is 4.30. The first kappa shape index (κ1) is 16.5. The summed E-state index contributed by atoms with van der Waals surface area (Å²) in [6.07, 6.45) is 2.54. The first-order valence-electron chi connectivity index (χ1n) is 8.09. The van der Waals surface area contributed by atoms with Gasteiger partial charge in [-0.15, -0.1) is 11.3 Å². The number of fused-ring (bicyclic) bond motifs is 1. The van der Waals surface area contributed by atoms with Crippen LogP contribution in [0.25, 0.3) is 0 Å². The van der Waals surface area contributed by atoms with Gasteiger partial charge in [0.05, 0.1) is 11.3 Å². The van der Waals surface area contributed by atoms with Gasteiger partial charge in [-0.25, -0.2) is 14.4 Å². The van der Waals surface area contributed by atoms with E-state index in [0.717, 1.165) is 4.88 Å². The molecule has 0 saturated carbocycles. The van der Waals surface area contributed by atoms with Crippen molar-refractivity contribution in [3.8, 4) is 0 Å². The number of nitrogens with one attached hydrogen (secondary N) is 1. The molecular formula is C19H14FN3O2S. The standard InChI is InChI=1S/C19H14FN3O2S/c20-13-5-3-11(4-6-13)18(25)23-19-21-10-14-15(22-19)8-12(9-16(14)24)17-2-1-7-26-17/h1-7,10,12H,8-9H2,(H,21,22,23,25). The molecule has 1 aromatic carbocycles. The fourth-order valence-electron chi connectivity index (χ4n) is 3.00. The fraction of sp³-hybridized carbons (Fsp3) is 0.158. The van der Waals surface area contributed by atoms with Crippen molar-refractivity contribution in [1.29, 1.82) is 0 Å². The number of hydrogen-bond acceptors (Lipinski definition) is 5. The summed E-state index contributed by atoms with van der Waals surface area (Å²) in [7, 11) is 0. The van der Waals surface area contributed by atoms with Crippen LogP contribution in [-0.4, -0.2) is 21.7 Å². The number of anilines is 1. The molecule has 0 aliphatic heterocycles. The Bertz CT molecular complexity index is 971. The third-order valence-electron chi connectivity index (χ3n) is 4.32. The van der Waals surface area contributed by atoms with Crippen LogP contribution in [0.1, 0.15) is 43.6 Å². The van der Waals surface area contributed by atoms with Crippen LogP contribution in [0.5, 0.6) is 0 Å². The summed E-state index contributed by atoms with van der Waals surface area (Å²) in [4.78, 5) is 34.2. The van der Waals surface area contributed by atoms with E-state index in [9.17, 15) is 14.0 Å². The number of carbonyl (C=O) groups excluding carboxylic acids is 2. The van der Waals surface area contributed by atoms with Crippen molar-refractivity contribution in [1.82, 2.24) is 9.97 Å². The molecule has 0 saturated heterocycles. The van der Waals surface area contributed by atoms with Crippen molar-refractivity contribution in [2.24, 2.45) is 0 Å². The monoisotopic (exact) mass is 367 g/mol. The quantitative estimate of drug-likeness (QED) is 0.763. The molecule has 130 valence electrons. The molecule has 1 aliphatic rings. The lowest BCUT2D eigenvalue weighted by atomic mass is 9.86. The van der Waals surface area contributed by atoms with Crippen LogP contribution in [-0.2, 0) is 6.42 Å². The molecule has 0 fully saturated rings. The maximum Gasteiger partial charge on any atom is 0.258 e. The normalized spacial score (nSPS) is 16.2. The van der Waals surface area contributed by atoms with Crippen LogP contribution in [0, 0.1) is 5.82 Å². The predicted octanol–water partition coefficient (Wildman–Crippen LogP) is 3.84. The third kappa shape index (κ3) is 3.25. The van der Waals surface area contributed by atoms with Crippen LogP contribution in [0.4, 0.5) is 10.3 Å². The summed E-state index contributed by atoms with van der Waals surface area (Å²) >= 11 is 1.62. The first-order valence-corrected chi connectivity index (χ1v) is 8.97. The molecule has 7 heteroatoms. The van der Waals surface area contributed by atoms with Gasteiger partial charge in [-0.05, 0) is 42.1 Å². The number of halogens is 1. The van der Waals surface area contributed by atoms with Crippen molar-refractivity contribution >= 4 is 29.0 Å². The number of amides is 1. The molecule has 0 bridgehead atoms. The van der Waals surface area contributed by atoms with Crippen LogP contribution in [0.3, 0.4) is 0 Å². The molecular weight excluding hydrogens is 353 g/mol. The summed E-state index contributed by atoms with van der Waals surface area (Å²) in [5, 5.41) is 4.59. The number of ketones is 1. The maximum absolute atomic E-state index is 13.0. The second kappa shape index (κ2) is 6.76. The van der Waals surface area contributed by atoms with E-state index in [0.29, 0.717) is 29.7 Å². The lowest BCUT2D eigenvalue weighted by molar-refractivity contribution is 0.0963. The van der Waals surface area contributed by atoms with Gasteiger partial charge in [0.25, 0.3) is 5.91 Å². The Morgan fingerprint density at radius 2 is 2.00 bits per heavy atom. The Morgan fingerprint density at radius 1 is 1.19 bits per heavy atom. The number of rotatable bonds is 3. The predicted molar refractivity (Wildman–Crippen MR) is 96.1 cm³/mol. The highest BCUT2D eigenvalue weighted by molar-refractivity contribution is 7.10. The van der Waals surface area contributed by atoms with Crippen molar-refractivity contribution in [3.05, 3.63) is 75.5 Å². The maximum atomic E-state index is 13.0. The highest BCUT2D eigenvalue weighted by Crippen LogP contribution is 2.34. The number of Topliss-reactive ketones (excluding diaryl/α,β-unsaturated/α-hetero) is 1. The molecule has 1 aliphatic carbocycles. The molecule has 1 amide bonds. The summed E-state index contributed by atoms with van der Waals surface area (Å²) in [5.41, 5.74) is 1.46. The van der Waals surface area contributed by atoms with E-state index in [1.807, 2.05) is 17.5 Å². The summed E-state index contributed by atoms with van der Waals surface area (Å²) in [6.45, 7) is 0. The largest absolute Gasteiger partial charge is 0.294 e. The Balaban J connectivity index is 1.56. The number of nitrogens with zero attached hydrogens (tertiary/aromatic N) is 2.